The van der Waals surface area contributed by atoms with E-state index in [1.165, 1.54) is 36.6 Å². The third-order valence-corrected chi connectivity index (χ3v) is 6.12. The van der Waals surface area contributed by atoms with E-state index in [2.05, 4.69) is 84.0 Å². The van der Waals surface area contributed by atoms with Crippen molar-refractivity contribution in [3.05, 3.63) is 84.6 Å². The zero-order valence-electron chi connectivity index (χ0n) is 21.8. The lowest BCUT2D eigenvalue weighted by Crippen LogP contribution is -2.25. The van der Waals surface area contributed by atoms with Crippen LogP contribution in [-0.2, 0) is 11.2 Å². The van der Waals surface area contributed by atoms with Gasteiger partial charge < -0.3 is 10.3 Å². The number of allylic oxidation sites excluding steroid dienone is 8. The van der Waals surface area contributed by atoms with Crippen molar-refractivity contribution in [1.82, 2.24) is 10.3 Å². The van der Waals surface area contributed by atoms with Crippen LogP contribution >= 0.6 is 0 Å². The Morgan fingerprint density at radius 1 is 0.800 bits per heavy atom. The molecule has 0 saturated carbocycles. The Bertz CT molecular complexity index is 932. The Hall–Kier alpha value is -2.81. The van der Waals surface area contributed by atoms with Crippen molar-refractivity contribution in [2.45, 2.75) is 90.4 Å². The summed E-state index contributed by atoms with van der Waals surface area (Å²) in [5.74, 6) is 0.169. The third-order valence-electron chi connectivity index (χ3n) is 6.12. The van der Waals surface area contributed by atoms with Crippen LogP contribution in [0.25, 0.3) is 10.9 Å². The molecule has 1 heterocycles. The molecule has 2 N–H and O–H groups in total. The number of para-hydroxylation sites is 1. The molecule has 0 unspecified atom stereocenters. The van der Waals surface area contributed by atoms with E-state index in [0.29, 0.717) is 13.0 Å². The zero-order valence-corrected chi connectivity index (χ0v) is 21.8. The molecular weight excluding hydrogens is 428 g/mol. The van der Waals surface area contributed by atoms with Gasteiger partial charge in [-0.05, 0) is 69.4 Å². The van der Waals surface area contributed by atoms with E-state index in [1.807, 2.05) is 12.3 Å². The fourth-order valence-electron chi connectivity index (χ4n) is 4.05. The topological polar surface area (TPSA) is 44.9 Å². The molecule has 2 rings (SSSR count). The first-order valence-corrected chi connectivity index (χ1v) is 13.7. The maximum atomic E-state index is 12.1. The maximum absolute atomic E-state index is 12.1. The number of carbonyl (C=O) groups excluding carboxylic acids is 1. The van der Waals surface area contributed by atoms with Crippen LogP contribution in [0, 0.1) is 0 Å². The van der Waals surface area contributed by atoms with Crippen molar-refractivity contribution in [2.75, 3.05) is 6.54 Å². The molecule has 3 heteroatoms. The van der Waals surface area contributed by atoms with Crippen LogP contribution in [0.4, 0.5) is 0 Å². The average molecular weight is 475 g/mol. The van der Waals surface area contributed by atoms with E-state index >= 15 is 0 Å². The number of benzene rings is 1. The van der Waals surface area contributed by atoms with Crippen molar-refractivity contribution in [3.8, 4) is 0 Å². The molecule has 0 spiro atoms. The molecule has 1 amide bonds. The van der Waals surface area contributed by atoms with Crippen LogP contribution < -0.4 is 5.32 Å². The van der Waals surface area contributed by atoms with Gasteiger partial charge in [0, 0.05) is 30.1 Å². The number of H-pyrrole nitrogens is 1. The van der Waals surface area contributed by atoms with Crippen molar-refractivity contribution >= 4 is 16.8 Å². The van der Waals surface area contributed by atoms with Crippen LogP contribution in [-0.4, -0.2) is 17.4 Å². The fraction of sp³-hybridized carbons (Fsp3) is 0.469. The highest BCUT2D eigenvalue weighted by molar-refractivity contribution is 5.83. The van der Waals surface area contributed by atoms with Gasteiger partial charge in [0.25, 0.3) is 0 Å². The summed E-state index contributed by atoms with van der Waals surface area (Å²) in [4.78, 5) is 15.4. The molecule has 0 radical (unpaired) electrons. The minimum absolute atomic E-state index is 0.169. The molecule has 2 aromatic rings. The van der Waals surface area contributed by atoms with E-state index in [0.717, 1.165) is 56.9 Å². The van der Waals surface area contributed by atoms with Crippen LogP contribution in [0.1, 0.15) is 89.5 Å². The number of nitrogens with one attached hydrogen (secondary N) is 2. The van der Waals surface area contributed by atoms with Crippen LogP contribution in [0.5, 0.6) is 0 Å². The number of rotatable bonds is 19. The molecule has 35 heavy (non-hydrogen) atoms. The lowest BCUT2D eigenvalue weighted by Gasteiger charge is -2.05. The molecule has 0 aliphatic rings. The van der Waals surface area contributed by atoms with E-state index in [1.54, 1.807) is 0 Å². The van der Waals surface area contributed by atoms with E-state index < -0.39 is 0 Å². The van der Waals surface area contributed by atoms with E-state index in [4.69, 9.17) is 0 Å². The van der Waals surface area contributed by atoms with E-state index in [-0.39, 0.29) is 5.91 Å². The molecule has 0 fully saturated rings. The number of carbonyl (C=O) groups is 1. The predicted octanol–water partition coefficient (Wildman–Crippen LogP) is 8.75. The molecule has 0 atom stereocenters. The van der Waals surface area contributed by atoms with Gasteiger partial charge in [-0.3, -0.25) is 4.79 Å². The summed E-state index contributed by atoms with van der Waals surface area (Å²) in [6.45, 7) is 2.94. The first-order chi connectivity index (χ1) is 17.3. The Labute approximate surface area is 213 Å². The molecule has 0 bridgehead atoms. The Balaban J connectivity index is 1.39. The molecular formula is C32H46N2O. The van der Waals surface area contributed by atoms with Gasteiger partial charge in [0.1, 0.15) is 0 Å². The Morgan fingerprint density at radius 2 is 1.43 bits per heavy atom. The normalized spacial score (nSPS) is 12.3. The summed E-state index contributed by atoms with van der Waals surface area (Å²) in [5, 5.41) is 4.31. The summed E-state index contributed by atoms with van der Waals surface area (Å²) in [7, 11) is 0. The molecule has 0 saturated heterocycles. The highest BCUT2D eigenvalue weighted by Gasteiger charge is 2.04. The zero-order chi connectivity index (χ0) is 24.8. The molecule has 1 aromatic heterocycles. The predicted molar refractivity (Wildman–Crippen MR) is 153 cm³/mol. The number of aromatic nitrogens is 1. The minimum atomic E-state index is 0.169. The maximum Gasteiger partial charge on any atom is 0.220 e. The van der Waals surface area contributed by atoms with Gasteiger partial charge in [0.15, 0.2) is 0 Å². The number of unbranched alkanes of at least 4 members (excludes halogenated alkanes) is 6. The summed E-state index contributed by atoms with van der Waals surface area (Å²) >= 11 is 0. The monoisotopic (exact) mass is 474 g/mol. The first kappa shape index (κ1) is 28.4. The molecule has 0 aliphatic heterocycles. The van der Waals surface area contributed by atoms with Crippen LogP contribution in [0.2, 0.25) is 0 Å². The van der Waals surface area contributed by atoms with Gasteiger partial charge in [-0.25, -0.2) is 0 Å². The minimum Gasteiger partial charge on any atom is -0.361 e. The van der Waals surface area contributed by atoms with Crippen molar-refractivity contribution in [1.29, 1.82) is 0 Å². The largest absolute Gasteiger partial charge is 0.361 e. The van der Waals surface area contributed by atoms with Gasteiger partial charge >= 0.3 is 0 Å². The van der Waals surface area contributed by atoms with Gasteiger partial charge in [0.05, 0.1) is 0 Å². The standard InChI is InChI=1S/C32H46N2O/c1-2-3-4-5-6-7-8-9-10-11-12-13-14-15-16-17-18-19-20-25-32(35)33-27-26-29-28-34-31-24-22-21-23-30(29)31/h6-7,9-10,12-13,15-16,21-24,28,34H,2-5,8,11,14,17-20,25-27H2,1H3,(H,33,35)/b7-6-,10-9-,13-12-,16-15-. The number of aromatic amines is 1. The second kappa shape index (κ2) is 19.5. The smallest absolute Gasteiger partial charge is 0.220 e. The fourth-order valence-corrected chi connectivity index (χ4v) is 4.05. The first-order valence-electron chi connectivity index (χ1n) is 13.7. The quantitative estimate of drug-likeness (QED) is 0.155. The molecule has 190 valence electrons. The van der Waals surface area contributed by atoms with Gasteiger partial charge in [-0.1, -0.05) is 93.0 Å². The highest BCUT2D eigenvalue weighted by atomic mass is 16.1. The summed E-state index contributed by atoms with van der Waals surface area (Å²) in [5.41, 5.74) is 2.42. The lowest BCUT2D eigenvalue weighted by molar-refractivity contribution is -0.121. The number of amides is 1. The number of hydrogen-bond donors (Lipinski definition) is 2. The third kappa shape index (κ3) is 13.6. The second-order valence-electron chi connectivity index (χ2n) is 9.15. The lowest BCUT2D eigenvalue weighted by atomic mass is 10.1. The highest BCUT2D eigenvalue weighted by Crippen LogP contribution is 2.17. The summed E-state index contributed by atoms with van der Waals surface area (Å²) in [6, 6.07) is 8.30. The van der Waals surface area contributed by atoms with E-state index in [9.17, 15) is 4.79 Å². The van der Waals surface area contributed by atoms with Gasteiger partial charge in [0.2, 0.25) is 5.91 Å². The number of hydrogen-bond acceptors (Lipinski definition) is 1. The van der Waals surface area contributed by atoms with Crippen molar-refractivity contribution in [3.63, 3.8) is 0 Å². The van der Waals surface area contributed by atoms with Gasteiger partial charge in [-0.15, -0.1) is 0 Å². The second-order valence-corrected chi connectivity index (χ2v) is 9.15. The Kier molecular flexibility index (Phi) is 15.8. The molecule has 3 nitrogen and oxygen atoms in total. The number of fused-ring (bicyclic) bond motifs is 1. The van der Waals surface area contributed by atoms with Crippen molar-refractivity contribution < 1.29 is 4.79 Å². The summed E-state index contributed by atoms with van der Waals surface area (Å²) in [6.07, 6.45) is 34.2. The summed E-state index contributed by atoms with van der Waals surface area (Å²) < 4.78 is 0. The SMILES string of the molecule is CCCCC/C=C\C/C=C\C/C=C\C/C=C\CCCCCC(=O)NCCc1c[nH]c2ccccc12. The van der Waals surface area contributed by atoms with Crippen LogP contribution in [0.3, 0.4) is 0 Å². The Morgan fingerprint density at radius 3 is 2.11 bits per heavy atom. The molecule has 0 aliphatic carbocycles. The van der Waals surface area contributed by atoms with Gasteiger partial charge in [-0.2, -0.15) is 0 Å². The average Bonchev–Trinajstić information content (AvgIpc) is 3.28. The molecule has 1 aromatic carbocycles. The van der Waals surface area contributed by atoms with Crippen LogP contribution in [0.15, 0.2) is 79.1 Å². The van der Waals surface area contributed by atoms with Crippen molar-refractivity contribution in [2.24, 2.45) is 0 Å².